The van der Waals surface area contributed by atoms with Crippen LogP contribution in [0.1, 0.15) is 89.5 Å². The Morgan fingerprint density at radius 2 is 1.44 bits per heavy atom. The van der Waals surface area contributed by atoms with Crippen LogP contribution < -0.4 is 4.74 Å². The van der Waals surface area contributed by atoms with Gasteiger partial charge in [-0.2, -0.15) is 4.39 Å². The Morgan fingerprint density at radius 1 is 0.844 bits per heavy atom. The number of hydrogen-bond donors (Lipinski definition) is 0. The van der Waals surface area contributed by atoms with E-state index < -0.39 is 11.6 Å². The second-order valence-corrected chi connectivity index (χ2v) is 10.2. The summed E-state index contributed by atoms with van der Waals surface area (Å²) in [5, 5.41) is 0. The van der Waals surface area contributed by atoms with Crippen LogP contribution in [0.3, 0.4) is 0 Å². The lowest BCUT2D eigenvalue weighted by molar-refractivity contribution is -0.0190. The lowest BCUT2D eigenvalue weighted by Crippen LogP contribution is -2.33. The van der Waals surface area contributed by atoms with E-state index in [1.165, 1.54) is 38.5 Å². The van der Waals surface area contributed by atoms with Crippen LogP contribution in [0.5, 0.6) is 5.75 Å². The molecule has 2 aliphatic carbocycles. The van der Waals surface area contributed by atoms with Crippen molar-refractivity contribution in [2.75, 3.05) is 13.2 Å². The molecule has 1 saturated heterocycles. The predicted molar refractivity (Wildman–Crippen MR) is 125 cm³/mol. The van der Waals surface area contributed by atoms with Gasteiger partial charge in [0, 0.05) is 0 Å². The number of allylic oxidation sites excluding steroid dienone is 1. The van der Waals surface area contributed by atoms with Crippen LogP contribution in [0.2, 0.25) is 0 Å². The molecule has 0 radical (unpaired) electrons. The highest BCUT2D eigenvalue weighted by atomic mass is 19.2. The van der Waals surface area contributed by atoms with Gasteiger partial charge in [-0.05, 0) is 119 Å². The number of ether oxygens (including phenoxy) is 2. The van der Waals surface area contributed by atoms with Gasteiger partial charge in [0.2, 0.25) is 5.82 Å². The molecule has 0 spiro atoms. The van der Waals surface area contributed by atoms with E-state index in [1.54, 1.807) is 19.1 Å². The zero-order valence-corrected chi connectivity index (χ0v) is 19.8. The van der Waals surface area contributed by atoms with Crippen LogP contribution in [-0.2, 0) is 4.74 Å². The molecule has 4 rings (SSSR count). The summed E-state index contributed by atoms with van der Waals surface area (Å²) in [5.74, 6) is 1.77. The lowest BCUT2D eigenvalue weighted by Gasteiger charge is -2.41. The molecule has 1 aliphatic heterocycles. The molecule has 2 atom stereocenters. The minimum absolute atomic E-state index is 0.0277. The fourth-order valence-corrected chi connectivity index (χ4v) is 6.65. The van der Waals surface area contributed by atoms with Gasteiger partial charge in [0.15, 0.2) is 11.6 Å². The molecule has 3 fully saturated rings. The highest BCUT2D eigenvalue weighted by Gasteiger charge is 2.35. The van der Waals surface area contributed by atoms with Crippen molar-refractivity contribution < 1.29 is 18.3 Å². The summed E-state index contributed by atoms with van der Waals surface area (Å²) in [5.41, 5.74) is 0.543. The Hall–Kier alpha value is -1.42. The van der Waals surface area contributed by atoms with E-state index in [1.807, 2.05) is 0 Å². The summed E-state index contributed by atoms with van der Waals surface area (Å²) < 4.78 is 40.2. The molecule has 2 unspecified atom stereocenters. The second-order valence-electron chi connectivity index (χ2n) is 10.2. The Labute approximate surface area is 192 Å². The maximum atomic E-state index is 14.6. The van der Waals surface area contributed by atoms with Crippen molar-refractivity contribution in [1.29, 1.82) is 0 Å². The van der Waals surface area contributed by atoms with E-state index in [9.17, 15) is 8.78 Å². The molecule has 1 aromatic rings. The third-order valence-electron chi connectivity index (χ3n) is 8.49. The van der Waals surface area contributed by atoms with Crippen molar-refractivity contribution in [3.8, 4) is 5.75 Å². The Balaban J connectivity index is 1.24. The van der Waals surface area contributed by atoms with E-state index in [4.69, 9.17) is 9.47 Å². The number of hydrogen-bond acceptors (Lipinski definition) is 2. The van der Waals surface area contributed by atoms with Gasteiger partial charge >= 0.3 is 0 Å². The van der Waals surface area contributed by atoms with Crippen molar-refractivity contribution in [2.24, 2.45) is 23.7 Å². The number of benzene rings is 1. The predicted octanol–water partition coefficient (Wildman–Crippen LogP) is 7.82. The van der Waals surface area contributed by atoms with E-state index in [2.05, 4.69) is 19.1 Å². The van der Waals surface area contributed by atoms with Crippen LogP contribution >= 0.6 is 0 Å². The quantitative estimate of drug-likeness (QED) is 0.415. The zero-order chi connectivity index (χ0) is 22.5. The topological polar surface area (TPSA) is 18.5 Å². The summed E-state index contributed by atoms with van der Waals surface area (Å²) in [4.78, 5) is 0. The summed E-state index contributed by atoms with van der Waals surface area (Å²) in [7, 11) is 0. The Morgan fingerprint density at radius 3 is 2.00 bits per heavy atom. The molecule has 4 heteroatoms. The highest BCUT2D eigenvalue weighted by molar-refractivity contribution is 5.33. The summed E-state index contributed by atoms with van der Waals surface area (Å²) in [6, 6.07) is 3.34. The molecular weight excluding hydrogens is 406 g/mol. The molecular formula is C28H40F2O2. The maximum absolute atomic E-state index is 14.6. The molecule has 2 nitrogen and oxygen atoms in total. The molecule has 0 bridgehead atoms. The first-order valence-electron chi connectivity index (χ1n) is 13.0. The minimum atomic E-state index is -0.825. The smallest absolute Gasteiger partial charge is 0.200 e. The fourth-order valence-electron chi connectivity index (χ4n) is 6.65. The van der Waals surface area contributed by atoms with Gasteiger partial charge in [0.05, 0.1) is 19.3 Å². The van der Waals surface area contributed by atoms with E-state index in [0.29, 0.717) is 18.3 Å². The highest BCUT2D eigenvalue weighted by Crippen LogP contribution is 2.46. The van der Waals surface area contributed by atoms with Gasteiger partial charge in [-0.25, -0.2) is 4.39 Å². The summed E-state index contributed by atoms with van der Waals surface area (Å²) in [6.45, 7) is 5.12. The van der Waals surface area contributed by atoms with Crippen molar-refractivity contribution in [1.82, 2.24) is 0 Å². The zero-order valence-electron chi connectivity index (χ0n) is 19.8. The first kappa shape index (κ1) is 23.7. The number of rotatable bonds is 6. The van der Waals surface area contributed by atoms with E-state index in [0.717, 1.165) is 56.0 Å². The first-order chi connectivity index (χ1) is 15.6. The van der Waals surface area contributed by atoms with E-state index in [-0.39, 0.29) is 11.7 Å². The standard InChI is InChI=1S/C28H40F2O2/c1-3-5-24-15-14-23(18-32-24)21-8-6-19(7-9-21)20-10-12-22(13-11-20)25-16-17-26(31-4-2)28(30)27(25)29/h3,5,16-17,19-24H,4,6-15,18H2,1-2H3. The van der Waals surface area contributed by atoms with E-state index >= 15 is 0 Å². The SMILES string of the molecule is CC=CC1CCC(C2CCC(C3CCC(c4ccc(OCC)c(F)c4F)CC3)CC2)CO1. The molecule has 2 saturated carbocycles. The molecule has 0 N–H and O–H groups in total. The molecule has 178 valence electrons. The fraction of sp³-hybridized carbons (Fsp3) is 0.714. The third kappa shape index (κ3) is 5.38. The monoisotopic (exact) mass is 446 g/mol. The molecule has 32 heavy (non-hydrogen) atoms. The van der Waals surface area contributed by atoms with Gasteiger partial charge < -0.3 is 9.47 Å². The lowest BCUT2D eigenvalue weighted by atomic mass is 9.66. The van der Waals surface area contributed by atoms with Crippen LogP contribution in [0, 0.1) is 35.3 Å². The van der Waals surface area contributed by atoms with Crippen LogP contribution in [0.4, 0.5) is 8.78 Å². The molecule has 0 amide bonds. The minimum Gasteiger partial charge on any atom is -0.491 e. The normalized spacial score (nSPS) is 34.0. The molecule has 1 aromatic carbocycles. The Bertz CT molecular complexity index is 753. The molecule has 1 heterocycles. The molecule has 3 aliphatic rings. The van der Waals surface area contributed by atoms with Gasteiger partial charge in [0.1, 0.15) is 0 Å². The second kappa shape index (κ2) is 11.1. The molecule has 0 aromatic heterocycles. The average molecular weight is 447 g/mol. The largest absolute Gasteiger partial charge is 0.491 e. The first-order valence-corrected chi connectivity index (χ1v) is 13.0. The van der Waals surface area contributed by atoms with Crippen LogP contribution in [0.15, 0.2) is 24.3 Å². The van der Waals surface area contributed by atoms with Gasteiger partial charge in [0.25, 0.3) is 0 Å². The van der Waals surface area contributed by atoms with Crippen molar-refractivity contribution in [2.45, 2.75) is 90.1 Å². The van der Waals surface area contributed by atoms with Gasteiger partial charge in [-0.15, -0.1) is 0 Å². The maximum Gasteiger partial charge on any atom is 0.200 e. The Kier molecular flexibility index (Phi) is 8.26. The van der Waals surface area contributed by atoms with Crippen molar-refractivity contribution in [3.63, 3.8) is 0 Å². The summed E-state index contributed by atoms with van der Waals surface area (Å²) in [6.07, 6.45) is 16.7. The average Bonchev–Trinajstić information content (AvgIpc) is 2.83. The van der Waals surface area contributed by atoms with Crippen LogP contribution in [-0.4, -0.2) is 19.3 Å². The van der Waals surface area contributed by atoms with Crippen LogP contribution in [0.25, 0.3) is 0 Å². The number of halogens is 2. The van der Waals surface area contributed by atoms with Gasteiger partial charge in [-0.1, -0.05) is 18.2 Å². The third-order valence-corrected chi connectivity index (χ3v) is 8.49. The summed E-state index contributed by atoms with van der Waals surface area (Å²) >= 11 is 0. The van der Waals surface area contributed by atoms with Crippen molar-refractivity contribution in [3.05, 3.63) is 41.5 Å². The van der Waals surface area contributed by atoms with Gasteiger partial charge in [-0.3, -0.25) is 0 Å². The van der Waals surface area contributed by atoms with Crippen molar-refractivity contribution >= 4 is 0 Å².